The molecule has 1 aliphatic heterocycles. The number of nitrogens with one attached hydrogen (secondary N) is 1. The Morgan fingerprint density at radius 1 is 1.08 bits per heavy atom. The number of hydrogen-bond donors (Lipinski definition) is 2. The van der Waals surface area contributed by atoms with Crippen molar-refractivity contribution in [1.29, 1.82) is 0 Å². The van der Waals surface area contributed by atoms with Crippen molar-refractivity contribution in [2.45, 2.75) is 13.0 Å². The van der Waals surface area contributed by atoms with Crippen molar-refractivity contribution in [1.82, 2.24) is 10.2 Å². The van der Waals surface area contributed by atoms with Crippen LogP contribution in [0.3, 0.4) is 0 Å². The van der Waals surface area contributed by atoms with Crippen molar-refractivity contribution in [2.75, 3.05) is 13.1 Å². The van der Waals surface area contributed by atoms with Crippen LogP contribution in [-0.4, -0.2) is 35.7 Å². The smallest absolute Gasteiger partial charge is 0.251 e. The number of carbonyl (C=O) groups is 3. The molecule has 3 aliphatic rings. The number of nitrogens with two attached hydrogens (primary N) is 1. The Morgan fingerprint density at radius 2 is 1.68 bits per heavy atom. The molecule has 4 unspecified atom stereocenters. The fourth-order valence-electron chi connectivity index (χ4n) is 4.36. The fraction of sp³-hybridized carbons (Fsp3) is 0.421. The number of allylic oxidation sites excluding steroid dienone is 2. The SMILES string of the molecule is NCc1ccc(C(=O)NCCN2C(=O)C3C4C=CC(C4)C3C2=O)cc1. The van der Waals surface area contributed by atoms with Gasteiger partial charge < -0.3 is 11.1 Å². The third-order valence-electron chi connectivity index (χ3n) is 5.63. The summed E-state index contributed by atoms with van der Waals surface area (Å²) in [5, 5.41) is 2.78. The topological polar surface area (TPSA) is 92.5 Å². The zero-order valence-corrected chi connectivity index (χ0v) is 13.9. The van der Waals surface area contributed by atoms with Gasteiger partial charge in [0, 0.05) is 25.2 Å². The zero-order valence-electron chi connectivity index (χ0n) is 13.9. The molecule has 6 nitrogen and oxygen atoms in total. The van der Waals surface area contributed by atoms with Crippen LogP contribution in [0.2, 0.25) is 0 Å². The van der Waals surface area contributed by atoms with Crippen molar-refractivity contribution >= 4 is 17.7 Å². The minimum atomic E-state index is -0.218. The van der Waals surface area contributed by atoms with Crippen LogP contribution in [0, 0.1) is 23.7 Å². The minimum absolute atomic E-state index is 0.0756. The van der Waals surface area contributed by atoms with E-state index in [1.54, 1.807) is 12.1 Å². The van der Waals surface area contributed by atoms with Gasteiger partial charge in [-0.2, -0.15) is 0 Å². The first-order valence-electron chi connectivity index (χ1n) is 8.71. The van der Waals surface area contributed by atoms with Gasteiger partial charge in [0.2, 0.25) is 11.8 Å². The molecule has 6 heteroatoms. The Bertz CT molecular complexity index is 726. The molecule has 3 N–H and O–H groups in total. The number of rotatable bonds is 5. The van der Waals surface area contributed by atoms with E-state index in [4.69, 9.17) is 5.73 Å². The molecule has 130 valence electrons. The molecule has 4 atom stereocenters. The van der Waals surface area contributed by atoms with E-state index in [0.717, 1.165) is 12.0 Å². The van der Waals surface area contributed by atoms with Crippen molar-refractivity contribution in [3.8, 4) is 0 Å². The second kappa shape index (κ2) is 6.11. The molecular formula is C19H21N3O3. The summed E-state index contributed by atoms with van der Waals surface area (Å²) in [4.78, 5) is 38.6. The third-order valence-corrected chi connectivity index (χ3v) is 5.63. The van der Waals surface area contributed by atoms with Gasteiger partial charge in [-0.3, -0.25) is 19.3 Å². The van der Waals surface area contributed by atoms with Gasteiger partial charge in [-0.25, -0.2) is 0 Å². The quantitative estimate of drug-likeness (QED) is 0.609. The lowest BCUT2D eigenvalue weighted by Gasteiger charge is -2.17. The van der Waals surface area contributed by atoms with Crippen molar-refractivity contribution in [3.63, 3.8) is 0 Å². The minimum Gasteiger partial charge on any atom is -0.350 e. The molecule has 1 aromatic rings. The molecular weight excluding hydrogens is 318 g/mol. The Hall–Kier alpha value is -2.47. The maximum Gasteiger partial charge on any atom is 0.251 e. The molecule has 1 saturated carbocycles. The van der Waals surface area contributed by atoms with E-state index in [-0.39, 0.29) is 54.5 Å². The Balaban J connectivity index is 1.34. The summed E-state index contributed by atoms with van der Waals surface area (Å²) in [6, 6.07) is 7.06. The van der Waals surface area contributed by atoms with Gasteiger partial charge in [0.15, 0.2) is 0 Å². The van der Waals surface area contributed by atoms with E-state index in [1.807, 2.05) is 12.1 Å². The second-order valence-corrected chi connectivity index (χ2v) is 6.98. The summed E-state index contributed by atoms with van der Waals surface area (Å²) in [5.74, 6) is -0.297. The maximum atomic E-state index is 12.6. The number of benzene rings is 1. The summed E-state index contributed by atoms with van der Waals surface area (Å²) in [6.45, 7) is 0.925. The van der Waals surface area contributed by atoms with Crippen LogP contribution in [0.5, 0.6) is 0 Å². The number of fused-ring (bicyclic) bond motifs is 5. The highest BCUT2D eigenvalue weighted by Gasteiger charge is 2.58. The molecule has 1 heterocycles. The molecule has 4 rings (SSSR count). The van der Waals surface area contributed by atoms with Crippen molar-refractivity contribution in [2.24, 2.45) is 29.4 Å². The van der Waals surface area contributed by atoms with E-state index in [1.165, 1.54) is 4.90 Å². The fourth-order valence-corrected chi connectivity index (χ4v) is 4.36. The Labute approximate surface area is 146 Å². The maximum absolute atomic E-state index is 12.6. The van der Waals surface area contributed by atoms with E-state index in [0.29, 0.717) is 12.1 Å². The third kappa shape index (κ3) is 2.57. The second-order valence-electron chi connectivity index (χ2n) is 6.98. The molecule has 3 amide bonds. The lowest BCUT2D eigenvalue weighted by Crippen LogP contribution is -2.39. The van der Waals surface area contributed by atoms with Crippen LogP contribution >= 0.6 is 0 Å². The molecule has 0 spiro atoms. The Morgan fingerprint density at radius 3 is 2.24 bits per heavy atom. The van der Waals surface area contributed by atoms with Gasteiger partial charge in [-0.15, -0.1) is 0 Å². The standard InChI is InChI=1S/C19H21N3O3/c20-10-11-1-3-12(4-2-11)17(23)21-7-8-22-18(24)15-13-5-6-14(9-13)16(15)19(22)25/h1-6,13-16H,7-10,20H2,(H,21,23). The molecule has 0 radical (unpaired) electrons. The summed E-state index contributed by atoms with van der Waals surface area (Å²) in [7, 11) is 0. The largest absolute Gasteiger partial charge is 0.350 e. The highest BCUT2D eigenvalue weighted by atomic mass is 16.2. The van der Waals surface area contributed by atoms with Crippen molar-refractivity contribution < 1.29 is 14.4 Å². The average Bonchev–Trinajstić information content (AvgIpc) is 3.31. The molecule has 1 saturated heterocycles. The normalized spacial score (nSPS) is 29.4. The molecule has 1 aromatic carbocycles. The van der Waals surface area contributed by atoms with Gasteiger partial charge in [-0.1, -0.05) is 24.3 Å². The molecule has 2 fully saturated rings. The first kappa shape index (κ1) is 16.0. The number of carbonyl (C=O) groups excluding carboxylic acids is 3. The van der Waals surface area contributed by atoms with Crippen LogP contribution in [0.25, 0.3) is 0 Å². The molecule has 25 heavy (non-hydrogen) atoms. The summed E-state index contributed by atoms with van der Waals surface area (Å²) < 4.78 is 0. The first-order valence-corrected chi connectivity index (χ1v) is 8.71. The lowest BCUT2D eigenvalue weighted by atomic mass is 9.85. The van der Waals surface area contributed by atoms with Crippen LogP contribution in [0.1, 0.15) is 22.3 Å². The average molecular weight is 339 g/mol. The number of hydrogen-bond acceptors (Lipinski definition) is 4. The zero-order chi connectivity index (χ0) is 17.6. The number of amides is 3. The van der Waals surface area contributed by atoms with Gasteiger partial charge in [0.05, 0.1) is 11.8 Å². The summed E-state index contributed by atoms with van der Waals surface area (Å²) >= 11 is 0. The van der Waals surface area contributed by atoms with Crippen LogP contribution < -0.4 is 11.1 Å². The van der Waals surface area contributed by atoms with Gasteiger partial charge in [-0.05, 0) is 36.0 Å². The van der Waals surface area contributed by atoms with Gasteiger partial charge >= 0.3 is 0 Å². The van der Waals surface area contributed by atoms with Crippen LogP contribution in [0.4, 0.5) is 0 Å². The highest BCUT2D eigenvalue weighted by Crippen LogP contribution is 2.52. The van der Waals surface area contributed by atoms with Crippen LogP contribution in [0.15, 0.2) is 36.4 Å². The van der Waals surface area contributed by atoms with Gasteiger partial charge in [0.25, 0.3) is 5.91 Å². The first-order chi connectivity index (χ1) is 12.1. The Kier molecular flexibility index (Phi) is 3.92. The van der Waals surface area contributed by atoms with Gasteiger partial charge in [0.1, 0.15) is 0 Å². The number of likely N-dealkylation sites (tertiary alicyclic amines) is 1. The molecule has 2 aliphatic carbocycles. The summed E-state index contributed by atoms with van der Waals surface area (Å²) in [5.41, 5.74) is 7.04. The predicted molar refractivity (Wildman–Crippen MR) is 91.1 cm³/mol. The van der Waals surface area contributed by atoms with Crippen LogP contribution in [-0.2, 0) is 16.1 Å². The number of nitrogens with zero attached hydrogens (tertiary/aromatic N) is 1. The van der Waals surface area contributed by atoms with E-state index in [2.05, 4.69) is 17.5 Å². The van der Waals surface area contributed by atoms with Crippen molar-refractivity contribution in [3.05, 3.63) is 47.5 Å². The predicted octanol–water partition coefficient (Wildman–Crippen LogP) is 0.682. The van der Waals surface area contributed by atoms with E-state index in [9.17, 15) is 14.4 Å². The monoisotopic (exact) mass is 339 g/mol. The van der Waals surface area contributed by atoms with E-state index >= 15 is 0 Å². The lowest BCUT2D eigenvalue weighted by molar-refractivity contribution is -0.140. The molecule has 2 bridgehead atoms. The van der Waals surface area contributed by atoms with E-state index < -0.39 is 0 Å². The number of imide groups is 1. The molecule has 0 aromatic heterocycles. The summed E-state index contributed by atoms with van der Waals surface area (Å²) in [6.07, 6.45) is 5.08. The highest BCUT2D eigenvalue weighted by molar-refractivity contribution is 6.06.